The van der Waals surface area contributed by atoms with Crippen LogP contribution in [0.25, 0.3) is 0 Å². The maximum absolute atomic E-state index is 12.1. The van der Waals surface area contributed by atoms with E-state index in [4.69, 9.17) is 0 Å². The second-order valence-electron chi connectivity index (χ2n) is 3.94. The largest absolute Gasteiger partial charge is 0.301 e. The van der Waals surface area contributed by atoms with Crippen LogP contribution in [0, 0.1) is 17.0 Å². The van der Waals surface area contributed by atoms with E-state index >= 15 is 0 Å². The molecule has 19 heavy (non-hydrogen) atoms. The summed E-state index contributed by atoms with van der Waals surface area (Å²) in [6.45, 7) is 1.80. The van der Waals surface area contributed by atoms with Crippen molar-refractivity contribution in [1.82, 2.24) is 0 Å². The average Bonchev–Trinajstić information content (AvgIpc) is 2.42. The number of non-ortho nitro benzene ring substituents is 1. The highest BCUT2D eigenvalue weighted by atomic mass is 32.2. The second kappa shape index (κ2) is 5.62. The molecule has 2 aromatic rings. The van der Waals surface area contributed by atoms with E-state index in [1.807, 2.05) is 6.07 Å². The van der Waals surface area contributed by atoms with Crippen LogP contribution in [0.15, 0.2) is 53.4 Å². The molecule has 0 amide bonds. The molecule has 0 spiro atoms. The van der Waals surface area contributed by atoms with E-state index in [1.54, 1.807) is 37.3 Å². The molecule has 1 atom stereocenters. The van der Waals surface area contributed by atoms with Gasteiger partial charge in [0.1, 0.15) is 11.0 Å². The topological polar surface area (TPSA) is 72.2 Å². The maximum Gasteiger partial charge on any atom is 0.271 e. The van der Waals surface area contributed by atoms with Crippen molar-refractivity contribution < 1.29 is 9.13 Å². The van der Waals surface area contributed by atoms with Gasteiger partial charge in [-0.2, -0.15) is 0 Å². The van der Waals surface area contributed by atoms with Crippen LogP contribution in [-0.4, -0.2) is 9.13 Å². The molecule has 0 saturated heterocycles. The Balaban J connectivity index is 2.26. The van der Waals surface area contributed by atoms with Gasteiger partial charge in [0.25, 0.3) is 5.69 Å². The summed E-state index contributed by atoms with van der Waals surface area (Å²) in [5, 5.41) is 10.7. The van der Waals surface area contributed by atoms with E-state index in [9.17, 15) is 14.3 Å². The molecular weight excluding hydrogens is 264 g/mol. The number of aryl methyl sites for hydroxylation is 1. The van der Waals surface area contributed by atoms with E-state index in [0.29, 0.717) is 10.6 Å². The number of hydrogen-bond donors (Lipinski definition) is 1. The lowest BCUT2D eigenvalue weighted by atomic mass is 10.2. The van der Waals surface area contributed by atoms with Crippen LogP contribution >= 0.6 is 0 Å². The molecule has 0 aliphatic carbocycles. The van der Waals surface area contributed by atoms with Crippen molar-refractivity contribution in [2.45, 2.75) is 11.8 Å². The van der Waals surface area contributed by atoms with Gasteiger partial charge in [-0.25, -0.2) is 4.21 Å². The Morgan fingerprint density at radius 2 is 1.84 bits per heavy atom. The summed E-state index contributed by atoms with van der Waals surface area (Å²) in [6.07, 6.45) is 0. The number of benzene rings is 2. The number of anilines is 1. The van der Waals surface area contributed by atoms with E-state index in [0.717, 1.165) is 5.56 Å². The van der Waals surface area contributed by atoms with Crippen molar-refractivity contribution >= 4 is 22.4 Å². The first-order chi connectivity index (χ1) is 9.08. The zero-order valence-electron chi connectivity index (χ0n) is 10.2. The van der Waals surface area contributed by atoms with Gasteiger partial charge < -0.3 is 4.72 Å². The lowest BCUT2D eigenvalue weighted by molar-refractivity contribution is -0.384. The monoisotopic (exact) mass is 276 g/mol. The fourth-order valence-corrected chi connectivity index (χ4v) is 2.48. The molecule has 98 valence electrons. The Kier molecular flexibility index (Phi) is 3.91. The van der Waals surface area contributed by atoms with Gasteiger partial charge in [0.2, 0.25) is 0 Å². The number of nitrogens with zero attached hydrogens (tertiary/aromatic N) is 1. The zero-order chi connectivity index (χ0) is 13.8. The third-order valence-corrected chi connectivity index (χ3v) is 3.70. The van der Waals surface area contributed by atoms with Gasteiger partial charge in [-0.3, -0.25) is 10.1 Å². The predicted octanol–water partition coefficient (Wildman–Crippen LogP) is 3.04. The molecule has 0 fully saturated rings. The summed E-state index contributed by atoms with van der Waals surface area (Å²) in [5.41, 5.74) is 1.27. The van der Waals surface area contributed by atoms with Crippen molar-refractivity contribution in [3.63, 3.8) is 0 Å². The Morgan fingerprint density at radius 1 is 1.16 bits per heavy atom. The van der Waals surface area contributed by atoms with Gasteiger partial charge in [0.15, 0.2) is 0 Å². The number of nitro groups is 1. The zero-order valence-corrected chi connectivity index (χ0v) is 11.0. The first kappa shape index (κ1) is 13.2. The first-order valence-electron chi connectivity index (χ1n) is 5.56. The Morgan fingerprint density at radius 3 is 2.47 bits per heavy atom. The minimum Gasteiger partial charge on any atom is -0.301 e. The van der Waals surface area contributed by atoms with Crippen LogP contribution in [0.3, 0.4) is 0 Å². The molecule has 2 aromatic carbocycles. The number of nitrogens with one attached hydrogen (secondary N) is 1. The molecule has 5 nitrogen and oxygen atoms in total. The lowest BCUT2D eigenvalue weighted by Crippen LogP contribution is -2.06. The SMILES string of the molecule is Cc1ccc([N+](=O)[O-])cc1N[S@](=O)c1ccccc1. The molecule has 0 aliphatic heterocycles. The highest BCUT2D eigenvalue weighted by molar-refractivity contribution is 7.86. The maximum atomic E-state index is 12.1. The molecule has 2 rings (SSSR count). The van der Waals surface area contributed by atoms with Crippen LogP contribution in [-0.2, 0) is 11.0 Å². The summed E-state index contributed by atoms with van der Waals surface area (Å²) in [6, 6.07) is 13.3. The van der Waals surface area contributed by atoms with Crippen molar-refractivity contribution in [3.05, 3.63) is 64.2 Å². The van der Waals surface area contributed by atoms with Crippen LogP contribution in [0.5, 0.6) is 0 Å². The predicted molar refractivity (Wildman–Crippen MR) is 74.3 cm³/mol. The molecule has 0 unspecified atom stereocenters. The number of rotatable bonds is 4. The van der Waals surface area contributed by atoms with Gasteiger partial charge in [0.05, 0.1) is 15.5 Å². The minimum atomic E-state index is -1.44. The van der Waals surface area contributed by atoms with Crippen LogP contribution < -0.4 is 4.72 Å². The molecule has 0 bridgehead atoms. The third-order valence-electron chi connectivity index (χ3n) is 2.59. The smallest absolute Gasteiger partial charge is 0.271 e. The van der Waals surface area contributed by atoms with Crippen molar-refractivity contribution in [3.8, 4) is 0 Å². The second-order valence-corrected chi connectivity index (χ2v) is 5.15. The fourth-order valence-electron chi connectivity index (χ4n) is 1.54. The Labute approximate surface area is 113 Å². The van der Waals surface area contributed by atoms with E-state index in [2.05, 4.69) is 4.72 Å². The average molecular weight is 276 g/mol. The molecule has 0 heterocycles. The van der Waals surface area contributed by atoms with Crippen LogP contribution in [0.4, 0.5) is 11.4 Å². The van der Waals surface area contributed by atoms with Crippen molar-refractivity contribution in [2.75, 3.05) is 4.72 Å². The summed E-state index contributed by atoms with van der Waals surface area (Å²) in [5.74, 6) is 0. The summed E-state index contributed by atoms with van der Waals surface area (Å²) in [4.78, 5) is 10.9. The van der Waals surface area contributed by atoms with E-state index in [1.165, 1.54) is 12.1 Å². The number of nitro benzene ring substituents is 1. The van der Waals surface area contributed by atoms with Crippen molar-refractivity contribution in [2.24, 2.45) is 0 Å². The first-order valence-corrected chi connectivity index (χ1v) is 6.71. The lowest BCUT2D eigenvalue weighted by Gasteiger charge is -2.08. The summed E-state index contributed by atoms with van der Waals surface area (Å²) >= 11 is 0. The van der Waals surface area contributed by atoms with Gasteiger partial charge in [0, 0.05) is 12.1 Å². The highest BCUT2D eigenvalue weighted by Gasteiger charge is 2.11. The molecule has 0 aliphatic rings. The van der Waals surface area contributed by atoms with Gasteiger partial charge in [-0.1, -0.05) is 24.3 Å². The normalized spacial score (nSPS) is 11.8. The summed E-state index contributed by atoms with van der Waals surface area (Å²) < 4.78 is 14.9. The Bertz CT molecular complexity index is 629. The van der Waals surface area contributed by atoms with Crippen molar-refractivity contribution in [1.29, 1.82) is 0 Å². The molecule has 1 N–H and O–H groups in total. The van der Waals surface area contributed by atoms with E-state index in [-0.39, 0.29) is 5.69 Å². The molecule has 0 aromatic heterocycles. The van der Waals surface area contributed by atoms with Crippen LogP contribution in [0.1, 0.15) is 5.56 Å². The van der Waals surface area contributed by atoms with Gasteiger partial charge in [-0.05, 0) is 24.6 Å². The van der Waals surface area contributed by atoms with Crippen LogP contribution in [0.2, 0.25) is 0 Å². The number of hydrogen-bond acceptors (Lipinski definition) is 3. The van der Waals surface area contributed by atoms with E-state index < -0.39 is 15.9 Å². The standard InChI is InChI=1S/C13H12N2O3S/c1-10-7-8-11(15(16)17)9-13(10)14-19(18)12-5-3-2-4-6-12/h2-9,14H,1H3/t19-/m1/s1. The third kappa shape index (κ3) is 3.17. The quantitative estimate of drug-likeness (QED) is 0.689. The molecule has 0 radical (unpaired) electrons. The molecular formula is C13H12N2O3S. The van der Waals surface area contributed by atoms with Gasteiger partial charge in [-0.15, -0.1) is 0 Å². The highest BCUT2D eigenvalue weighted by Crippen LogP contribution is 2.23. The molecule has 6 heteroatoms. The summed E-state index contributed by atoms with van der Waals surface area (Å²) in [7, 11) is -1.44. The minimum absolute atomic E-state index is 0.0295. The van der Waals surface area contributed by atoms with Gasteiger partial charge >= 0.3 is 0 Å². The molecule has 0 saturated carbocycles. The fraction of sp³-hybridized carbons (Fsp3) is 0.0769. The Hall–Kier alpha value is -2.21.